The maximum absolute atomic E-state index is 13.4. The van der Waals surface area contributed by atoms with Gasteiger partial charge in [-0.2, -0.15) is 0 Å². The third-order valence-corrected chi connectivity index (χ3v) is 6.78. The van der Waals surface area contributed by atoms with Gasteiger partial charge in [-0.1, -0.05) is 18.9 Å². The first-order valence-electron chi connectivity index (χ1n) is 11.7. The second kappa shape index (κ2) is 10.7. The number of benzene rings is 2. The highest BCUT2D eigenvalue weighted by Crippen LogP contribution is 2.32. The monoisotopic (exact) mass is 451 g/mol. The third-order valence-electron chi connectivity index (χ3n) is 6.78. The number of amides is 2. The first kappa shape index (κ1) is 23.1. The SMILES string of the molecule is COc1ccc(NC(=O)C(C2CCCC2)N2CCN(C(=O)c3cccc(OC)c3)CC2)cc1. The molecule has 176 valence electrons. The van der Waals surface area contributed by atoms with Gasteiger partial charge in [-0.05, 0) is 61.2 Å². The van der Waals surface area contributed by atoms with E-state index in [0.717, 1.165) is 24.3 Å². The Hall–Kier alpha value is -3.06. The van der Waals surface area contributed by atoms with Gasteiger partial charge in [0.15, 0.2) is 0 Å². The van der Waals surface area contributed by atoms with Gasteiger partial charge in [0.1, 0.15) is 11.5 Å². The highest BCUT2D eigenvalue weighted by Gasteiger charge is 2.37. The number of carbonyl (C=O) groups is 2. The Morgan fingerprint density at radius 2 is 1.58 bits per heavy atom. The molecule has 1 N–H and O–H groups in total. The van der Waals surface area contributed by atoms with Gasteiger partial charge < -0.3 is 19.7 Å². The molecule has 1 aliphatic carbocycles. The molecule has 1 unspecified atom stereocenters. The summed E-state index contributed by atoms with van der Waals surface area (Å²) in [7, 11) is 3.23. The van der Waals surface area contributed by atoms with Crippen LogP contribution in [0.5, 0.6) is 11.5 Å². The predicted octanol–water partition coefficient (Wildman–Crippen LogP) is 3.66. The Bertz CT molecular complexity index is 948. The lowest BCUT2D eigenvalue weighted by molar-refractivity contribution is -0.123. The molecule has 4 rings (SSSR count). The second-order valence-electron chi connectivity index (χ2n) is 8.77. The molecule has 2 fully saturated rings. The van der Waals surface area contributed by atoms with E-state index in [1.807, 2.05) is 47.4 Å². The summed E-state index contributed by atoms with van der Waals surface area (Å²) < 4.78 is 10.5. The van der Waals surface area contributed by atoms with E-state index in [1.165, 1.54) is 12.8 Å². The zero-order valence-electron chi connectivity index (χ0n) is 19.5. The molecule has 2 aromatic rings. The van der Waals surface area contributed by atoms with Crippen LogP contribution in [0.15, 0.2) is 48.5 Å². The number of rotatable bonds is 7. The smallest absolute Gasteiger partial charge is 0.254 e. The number of nitrogens with one attached hydrogen (secondary N) is 1. The van der Waals surface area contributed by atoms with Crippen molar-refractivity contribution in [3.8, 4) is 11.5 Å². The fourth-order valence-electron chi connectivity index (χ4n) is 4.98. The molecule has 2 aliphatic rings. The molecule has 0 bridgehead atoms. The Kier molecular flexibility index (Phi) is 7.50. The van der Waals surface area contributed by atoms with Crippen LogP contribution in [0.4, 0.5) is 5.69 Å². The van der Waals surface area contributed by atoms with Gasteiger partial charge in [0.25, 0.3) is 5.91 Å². The minimum absolute atomic E-state index is 0.00801. The standard InChI is InChI=1S/C26H33N3O4/c1-32-22-12-10-21(11-13-22)27-25(30)24(19-6-3-4-7-19)28-14-16-29(17-15-28)26(31)20-8-5-9-23(18-20)33-2/h5,8-13,18-19,24H,3-4,6-7,14-17H2,1-2H3,(H,27,30). The normalized spacial score (nSPS) is 18.1. The van der Waals surface area contributed by atoms with Crippen LogP contribution >= 0.6 is 0 Å². The van der Waals surface area contributed by atoms with Gasteiger partial charge >= 0.3 is 0 Å². The van der Waals surface area contributed by atoms with Gasteiger partial charge in [-0.3, -0.25) is 14.5 Å². The molecule has 1 saturated carbocycles. The molecular weight excluding hydrogens is 418 g/mol. The van der Waals surface area contributed by atoms with E-state index in [2.05, 4.69) is 10.2 Å². The van der Waals surface area contributed by atoms with Gasteiger partial charge in [-0.15, -0.1) is 0 Å². The number of ether oxygens (including phenoxy) is 2. The highest BCUT2D eigenvalue weighted by molar-refractivity contribution is 5.96. The average Bonchev–Trinajstić information content (AvgIpc) is 3.39. The molecule has 7 heteroatoms. The van der Waals surface area contributed by atoms with Crippen LogP contribution in [0.25, 0.3) is 0 Å². The molecule has 33 heavy (non-hydrogen) atoms. The summed E-state index contributed by atoms with van der Waals surface area (Å²) in [5, 5.41) is 3.11. The summed E-state index contributed by atoms with van der Waals surface area (Å²) in [6.45, 7) is 2.59. The van der Waals surface area contributed by atoms with Gasteiger partial charge in [-0.25, -0.2) is 0 Å². The van der Waals surface area contributed by atoms with Gasteiger partial charge in [0, 0.05) is 37.4 Å². The topological polar surface area (TPSA) is 71.1 Å². The molecule has 1 saturated heterocycles. The van der Waals surface area contributed by atoms with Crippen molar-refractivity contribution in [3.05, 3.63) is 54.1 Å². The molecule has 1 aliphatic heterocycles. The highest BCUT2D eigenvalue weighted by atomic mass is 16.5. The predicted molar refractivity (Wildman–Crippen MR) is 128 cm³/mol. The minimum Gasteiger partial charge on any atom is -0.497 e. The Balaban J connectivity index is 1.42. The first-order chi connectivity index (χ1) is 16.1. The van der Waals surface area contributed by atoms with Crippen molar-refractivity contribution in [3.63, 3.8) is 0 Å². The number of carbonyl (C=O) groups excluding carboxylic acids is 2. The molecule has 1 atom stereocenters. The third kappa shape index (κ3) is 5.47. The lowest BCUT2D eigenvalue weighted by Gasteiger charge is -2.40. The fraction of sp³-hybridized carbons (Fsp3) is 0.462. The molecule has 7 nitrogen and oxygen atoms in total. The fourth-order valence-corrected chi connectivity index (χ4v) is 4.98. The van der Waals surface area contributed by atoms with E-state index in [4.69, 9.17) is 9.47 Å². The number of hydrogen-bond acceptors (Lipinski definition) is 5. The largest absolute Gasteiger partial charge is 0.497 e. The van der Waals surface area contributed by atoms with Gasteiger partial charge in [0.2, 0.25) is 5.91 Å². The Labute approximate surface area is 195 Å². The van der Waals surface area contributed by atoms with Crippen LogP contribution in [-0.4, -0.2) is 68.1 Å². The summed E-state index contributed by atoms with van der Waals surface area (Å²) >= 11 is 0. The number of nitrogens with zero attached hydrogens (tertiary/aromatic N) is 2. The zero-order chi connectivity index (χ0) is 23.2. The quantitative estimate of drug-likeness (QED) is 0.696. The minimum atomic E-state index is -0.177. The maximum atomic E-state index is 13.4. The molecule has 1 heterocycles. The van der Waals surface area contributed by atoms with Crippen LogP contribution in [0, 0.1) is 5.92 Å². The number of methoxy groups -OCH3 is 2. The Morgan fingerprint density at radius 3 is 2.21 bits per heavy atom. The molecule has 0 aromatic heterocycles. The Morgan fingerprint density at radius 1 is 0.909 bits per heavy atom. The van der Waals surface area contributed by atoms with Crippen molar-refractivity contribution < 1.29 is 19.1 Å². The molecule has 0 radical (unpaired) electrons. The first-order valence-corrected chi connectivity index (χ1v) is 11.7. The lowest BCUT2D eigenvalue weighted by Crippen LogP contribution is -2.56. The lowest BCUT2D eigenvalue weighted by atomic mass is 9.94. The van der Waals surface area contributed by atoms with Crippen molar-refractivity contribution >= 4 is 17.5 Å². The van der Waals surface area contributed by atoms with E-state index >= 15 is 0 Å². The summed E-state index contributed by atoms with van der Waals surface area (Å²) in [4.78, 5) is 30.5. The van der Waals surface area contributed by atoms with Crippen molar-refractivity contribution in [2.24, 2.45) is 5.92 Å². The van der Waals surface area contributed by atoms with E-state index in [9.17, 15) is 9.59 Å². The van der Waals surface area contributed by atoms with Gasteiger partial charge in [0.05, 0.1) is 20.3 Å². The zero-order valence-corrected chi connectivity index (χ0v) is 19.5. The number of hydrogen-bond donors (Lipinski definition) is 1. The van der Waals surface area contributed by atoms with Crippen LogP contribution < -0.4 is 14.8 Å². The molecule has 2 aromatic carbocycles. The average molecular weight is 452 g/mol. The van der Waals surface area contributed by atoms with E-state index < -0.39 is 0 Å². The summed E-state index contributed by atoms with van der Waals surface area (Å²) in [5.74, 6) is 1.84. The van der Waals surface area contributed by atoms with Crippen LogP contribution in [0.1, 0.15) is 36.0 Å². The van der Waals surface area contributed by atoms with Crippen molar-refractivity contribution in [2.75, 3.05) is 45.7 Å². The van der Waals surface area contributed by atoms with Crippen LogP contribution in [-0.2, 0) is 4.79 Å². The van der Waals surface area contributed by atoms with Crippen molar-refractivity contribution in [1.29, 1.82) is 0 Å². The van der Waals surface area contributed by atoms with Crippen molar-refractivity contribution in [1.82, 2.24) is 9.80 Å². The van der Waals surface area contributed by atoms with Crippen molar-refractivity contribution in [2.45, 2.75) is 31.7 Å². The number of anilines is 1. The molecular formula is C26H33N3O4. The molecule has 0 spiro atoms. The summed E-state index contributed by atoms with van der Waals surface area (Å²) in [6.07, 6.45) is 4.49. The molecule has 2 amide bonds. The number of piperazine rings is 1. The van der Waals surface area contributed by atoms with E-state index in [1.54, 1.807) is 20.3 Å². The van der Waals surface area contributed by atoms with E-state index in [-0.39, 0.29) is 17.9 Å². The van der Waals surface area contributed by atoms with E-state index in [0.29, 0.717) is 43.4 Å². The summed E-state index contributed by atoms with van der Waals surface area (Å²) in [6, 6.07) is 14.5. The second-order valence-corrected chi connectivity index (χ2v) is 8.77. The van der Waals surface area contributed by atoms with Crippen LogP contribution in [0.2, 0.25) is 0 Å². The van der Waals surface area contributed by atoms with Crippen LogP contribution in [0.3, 0.4) is 0 Å². The maximum Gasteiger partial charge on any atom is 0.254 e. The summed E-state index contributed by atoms with van der Waals surface area (Å²) in [5.41, 5.74) is 1.41.